The number of pyridine rings is 1. The van der Waals surface area contributed by atoms with Gasteiger partial charge in [0, 0.05) is 31.4 Å². The molecule has 1 amide bonds. The lowest BCUT2D eigenvalue weighted by molar-refractivity contribution is -0.131. The van der Waals surface area contributed by atoms with Gasteiger partial charge in [0.1, 0.15) is 6.54 Å². The van der Waals surface area contributed by atoms with Crippen molar-refractivity contribution in [1.29, 1.82) is 0 Å². The number of aliphatic hydroxyl groups excluding tert-OH is 1. The molecule has 0 aliphatic carbocycles. The van der Waals surface area contributed by atoms with Crippen LogP contribution in [-0.4, -0.2) is 49.6 Å². The maximum atomic E-state index is 12.7. The third kappa shape index (κ3) is 3.59. The standard InChI is InChI=1S/C20H20N4O3/c25-18-11-23(10-15(18)9-14-5-7-21-8-6-14)19(26)12-24-13-22-17-4-2-1-3-16(17)20(24)27/h1-8,13,15,18,25H,9-12H2/t15-,18-/m1/s1. The normalized spacial score (nSPS) is 19.5. The van der Waals surface area contributed by atoms with Crippen LogP contribution in [0.3, 0.4) is 0 Å². The van der Waals surface area contributed by atoms with Gasteiger partial charge >= 0.3 is 0 Å². The van der Waals surface area contributed by atoms with Gasteiger partial charge in [-0.15, -0.1) is 0 Å². The number of rotatable bonds is 4. The molecule has 3 aromatic rings. The Morgan fingerprint density at radius 3 is 2.74 bits per heavy atom. The van der Waals surface area contributed by atoms with Gasteiger partial charge in [-0.3, -0.25) is 19.1 Å². The minimum atomic E-state index is -0.575. The van der Waals surface area contributed by atoms with Crippen molar-refractivity contribution in [2.45, 2.75) is 19.1 Å². The monoisotopic (exact) mass is 364 g/mol. The van der Waals surface area contributed by atoms with Crippen LogP contribution in [0.25, 0.3) is 10.9 Å². The van der Waals surface area contributed by atoms with Gasteiger partial charge < -0.3 is 10.0 Å². The number of para-hydroxylation sites is 1. The topological polar surface area (TPSA) is 88.3 Å². The first kappa shape index (κ1) is 17.4. The smallest absolute Gasteiger partial charge is 0.261 e. The molecule has 138 valence electrons. The average Bonchev–Trinajstić information content (AvgIpc) is 3.05. The van der Waals surface area contributed by atoms with Crippen LogP contribution < -0.4 is 5.56 Å². The van der Waals surface area contributed by atoms with E-state index in [1.54, 1.807) is 35.5 Å². The highest BCUT2D eigenvalue weighted by atomic mass is 16.3. The van der Waals surface area contributed by atoms with Crippen LogP contribution in [0.15, 0.2) is 59.9 Å². The highest BCUT2D eigenvalue weighted by Gasteiger charge is 2.34. The number of β-amino-alcohol motifs (C(OH)–C–C–N with tert-alkyl or cyclic N) is 1. The minimum Gasteiger partial charge on any atom is -0.391 e. The Balaban J connectivity index is 1.46. The summed E-state index contributed by atoms with van der Waals surface area (Å²) in [4.78, 5) is 35.1. The summed E-state index contributed by atoms with van der Waals surface area (Å²) >= 11 is 0. The fourth-order valence-electron chi connectivity index (χ4n) is 3.54. The quantitative estimate of drug-likeness (QED) is 0.742. The predicted octanol–water partition coefficient (Wildman–Crippen LogP) is 0.854. The molecule has 0 radical (unpaired) electrons. The number of fused-ring (bicyclic) bond motifs is 1. The first-order valence-corrected chi connectivity index (χ1v) is 8.91. The van der Waals surface area contributed by atoms with Crippen LogP contribution in [0.5, 0.6) is 0 Å². The number of nitrogens with zero attached hydrogens (tertiary/aromatic N) is 4. The lowest BCUT2D eigenvalue weighted by Crippen LogP contribution is -2.35. The van der Waals surface area contributed by atoms with Crippen molar-refractivity contribution in [2.75, 3.05) is 13.1 Å². The number of carbonyl (C=O) groups excluding carboxylic acids is 1. The maximum Gasteiger partial charge on any atom is 0.261 e. The molecule has 3 heterocycles. The van der Waals surface area contributed by atoms with E-state index in [0.29, 0.717) is 23.9 Å². The SMILES string of the molecule is O=C(Cn1cnc2ccccc2c1=O)N1C[C@@H](Cc2ccncc2)[C@H](O)C1. The summed E-state index contributed by atoms with van der Waals surface area (Å²) in [5.41, 5.74) is 1.46. The van der Waals surface area contributed by atoms with Crippen LogP contribution in [-0.2, 0) is 17.8 Å². The van der Waals surface area contributed by atoms with Crippen molar-refractivity contribution >= 4 is 16.8 Å². The third-order valence-corrected chi connectivity index (χ3v) is 5.04. The second kappa shape index (κ2) is 7.28. The number of aromatic nitrogens is 3. The van der Waals surface area contributed by atoms with E-state index < -0.39 is 6.10 Å². The van der Waals surface area contributed by atoms with Crippen LogP contribution in [0.4, 0.5) is 0 Å². The molecule has 1 aromatic carbocycles. The van der Waals surface area contributed by atoms with Crippen molar-refractivity contribution in [3.63, 3.8) is 0 Å². The summed E-state index contributed by atoms with van der Waals surface area (Å²) in [6.07, 6.45) is 4.96. The van der Waals surface area contributed by atoms with E-state index in [4.69, 9.17) is 0 Å². The van der Waals surface area contributed by atoms with Gasteiger partial charge in [-0.25, -0.2) is 4.98 Å². The summed E-state index contributed by atoms with van der Waals surface area (Å²) in [6.45, 7) is 0.674. The van der Waals surface area contributed by atoms with E-state index in [0.717, 1.165) is 5.56 Å². The number of likely N-dealkylation sites (tertiary alicyclic amines) is 1. The summed E-state index contributed by atoms with van der Waals surface area (Å²) < 4.78 is 1.33. The van der Waals surface area contributed by atoms with Gasteiger partial charge in [0.15, 0.2) is 0 Å². The number of hydrogen-bond acceptors (Lipinski definition) is 5. The summed E-state index contributed by atoms with van der Waals surface area (Å²) in [7, 11) is 0. The molecule has 7 heteroatoms. The van der Waals surface area contributed by atoms with Gasteiger partial charge in [-0.1, -0.05) is 12.1 Å². The van der Waals surface area contributed by atoms with Crippen LogP contribution in [0.1, 0.15) is 5.56 Å². The lowest BCUT2D eigenvalue weighted by Gasteiger charge is -2.17. The molecule has 2 aromatic heterocycles. The summed E-state index contributed by atoms with van der Waals surface area (Å²) in [5, 5.41) is 10.8. The van der Waals surface area contributed by atoms with Crippen molar-refractivity contribution < 1.29 is 9.90 Å². The van der Waals surface area contributed by atoms with Crippen molar-refractivity contribution in [2.24, 2.45) is 5.92 Å². The molecule has 1 saturated heterocycles. The second-order valence-corrected chi connectivity index (χ2v) is 6.88. The van der Waals surface area contributed by atoms with Gasteiger partial charge in [-0.05, 0) is 36.2 Å². The number of amides is 1. The van der Waals surface area contributed by atoms with Crippen molar-refractivity contribution in [3.8, 4) is 0 Å². The molecule has 0 spiro atoms. The Morgan fingerprint density at radius 1 is 1.15 bits per heavy atom. The Labute approximate surface area is 155 Å². The summed E-state index contributed by atoms with van der Waals surface area (Å²) in [5.74, 6) is -0.215. The molecule has 2 atom stereocenters. The Morgan fingerprint density at radius 2 is 1.93 bits per heavy atom. The first-order valence-electron chi connectivity index (χ1n) is 8.91. The predicted molar refractivity (Wildman–Crippen MR) is 100 cm³/mol. The molecule has 0 bridgehead atoms. The van der Waals surface area contributed by atoms with Crippen LogP contribution >= 0.6 is 0 Å². The zero-order valence-corrected chi connectivity index (χ0v) is 14.7. The number of aliphatic hydroxyl groups is 1. The molecule has 1 aliphatic heterocycles. The van der Waals surface area contributed by atoms with Gasteiger partial charge in [0.2, 0.25) is 5.91 Å². The van der Waals surface area contributed by atoms with Crippen LogP contribution in [0.2, 0.25) is 0 Å². The number of benzene rings is 1. The molecule has 1 N–H and O–H groups in total. The van der Waals surface area contributed by atoms with E-state index in [9.17, 15) is 14.7 Å². The fraction of sp³-hybridized carbons (Fsp3) is 0.300. The van der Waals surface area contributed by atoms with E-state index in [-0.39, 0.29) is 30.5 Å². The van der Waals surface area contributed by atoms with E-state index >= 15 is 0 Å². The largest absolute Gasteiger partial charge is 0.391 e. The first-order chi connectivity index (χ1) is 13.1. The van der Waals surface area contributed by atoms with Gasteiger partial charge in [0.05, 0.1) is 23.3 Å². The molecular formula is C20H20N4O3. The maximum absolute atomic E-state index is 12.7. The molecule has 27 heavy (non-hydrogen) atoms. The molecule has 7 nitrogen and oxygen atoms in total. The molecule has 1 fully saturated rings. The Bertz CT molecular complexity index is 1020. The van der Waals surface area contributed by atoms with Gasteiger partial charge in [0.25, 0.3) is 5.56 Å². The van der Waals surface area contributed by atoms with Crippen LogP contribution in [0, 0.1) is 5.92 Å². The second-order valence-electron chi connectivity index (χ2n) is 6.88. The molecule has 0 unspecified atom stereocenters. The van der Waals surface area contributed by atoms with E-state index in [2.05, 4.69) is 9.97 Å². The molecule has 0 saturated carbocycles. The fourth-order valence-corrected chi connectivity index (χ4v) is 3.54. The highest BCUT2D eigenvalue weighted by Crippen LogP contribution is 2.21. The Kier molecular flexibility index (Phi) is 4.68. The summed E-state index contributed by atoms with van der Waals surface area (Å²) in [6, 6.07) is 10.9. The van der Waals surface area contributed by atoms with Crippen molar-refractivity contribution in [3.05, 3.63) is 71.0 Å². The zero-order chi connectivity index (χ0) is 18.8. The average molecular weight is 364 g/mol. The highest BCUT2D eigenvalue weighted by molar-refractivity contribution is 5.79. The van der Waals surface area contributed by atoms with Gasteiger partial charge in [-0.2, -0.15) is 0 Å². The molecular weight excluding hydrogens is 344 g/mol. The zero-order valence-electron chi connectivity index (χ0n) is 14.7. The van der Waals surface area contributed by atoms with Crippen molar-refractivity contribution in [1.82, 2.24) is 19.4 Å². The van der Waals surface area contributed by atoms with E-state index in [1.807, 2.05) is 18.2 Å². The number of hydrogen-bond donors (Lipinski definition) is 1. The number of carbonyl (C=O) groups is 1. The third-order valence-electron chi connectivity index (χ3n) is 5.04. The molecule has 1 aliphatic rings. The Hall–Kier alpha value is -3.06. The lowest BCUT2D eigenvalue weighted by atomic mass is 9.97. The minimum absolute atomic E-state index is 0.0252. The van der Waals surface area contributed by atoms with E-state index in [1.165, 1.54) is 10.9 Å². The molecule has 4 rings (SSSR count).